The van der Waals surface area contributed by atoms with Gasteiger partial charge in [-0.3, -0.25) is 0 Å². The topological polar surface area (TPSA) is 41.5 Å². The maximum absolute atomic E-state index is 9.85. The van der Waals surface area contributed by atoms with Gasteiger partial charge in [0.15, 0.2) is 0 Å². The number of aliphatic hydroxyl groups excluding tert-OH is 1. The van der Waals surface area contributed by atoms with Gasteiger partial charge in [0.05, 0.1) is 0 Å². The summed E-state index contributed by atoms with van der Waals surface area (Å²) in [6.07, 6.45) is 1.88. The molecule has 19 heavy (non-hydrogen) atoms. The van der Waals surface area contributed by atoms with Crippen LogP contribution >= 0.6 is 0 Å². The van der Waals surface area contributed by atoms with E-state index in [9.17, 15) is 5.11 Å². The molecule has 1 aromatic rings. The van der Waals surface area contributed by atoms with E-state index >= 15 is 0 Å². The zero-order valence-corrected chi connectivity index (χ0v) is 11.9. The second kappa shape index (κ2) is 6.92. The average Bonchev–Trinajstić information content (AvgIpc) is 3.12. The lowest BCUT2D eigenvalue weighted by Crippen LogP contribution is -2.32. The Balaban J connectivity index is 1.63. The van der Waals surface area contributed by atoms with Crippen LogP contribution in [0.2, 0.25) is 0 Å². The van der Waals surface area contributed by atoms with Gasteiger partial charge in [-0.05, 0) is 48.9 Å². The number of aryl methyl sites for hydroxylation is 1. The fraction of sp³-hybridized carbons (Fsp3) is 0.625. The van der Waals surface area contributed by atoms with Crippen molar-refractivity contribution in [3.63, 3.8) is 0 Å². The normalized spacial score (nSPS) is 23.1. The van der Waals surface area contributed by atoms with Crippen molar-refractivity contribution in [1.82, 2.24) is 5.32 Å². The van der Waals surface area contributed by atoms with Crippen LogP contribution in [0, 0.1) is 11.8 Å². The van der Waals surface area contributed by atoms with Crippen LogP contribution in [0.25, 0.3) is 0 Å². The van der Waals surface area contributed by atoms with E-state index in [1.807, 2.05) is 18.2 Å². The van der Waals surface area contributed by atoms with Crippen molar-refractivity contribution in [2.24, 2.45) is 11.8 Å². The van der Waals surface area contributed by atoms with Crippen LogP contribution in [0.4, 0.5) is 0 Å². The Morgan fingerprint density at radius 1 is 1.47 bits per heavy atom. The van der Waals surface area contributed by atoms with Gasteiger partial charge in [0.2, 0.25) is 0 Å². The van der Waals surface area contributed by atoms with Crippen LogP contribution in [0.3, 0.4) is 0 Å². The molecule has 3 heteroatoms. The number of hydrogen-bond acceptors (Lipinski definition) is 3. The second-order valence-electron chi connectivity index (χ2n) is 5.60. The summed E-state index contributed by atoms with van der Waals surface area (Å²) in [5.74, 6) is 2.52. The van der Waals surface area contributed by atoms with Crippen LogP contribution in [0.1, 0.15) is 25.8 Å². The fourth-order valence-electron chi connectivity index (χ4n) is 2.23. The molecule has 1 fully saturated rings. The lowest BCUT2D eigenvalue weighted by atomic mass is 10.2. The van der Waals surface area contributed by atoms with Gasteiger partial charge in [-0.15, -0.1) is 0 Å². The molecule has 2 rings (SSSR count). The lowest BCUT2D eigenvalue weighted by molar-refractivity contribution is 0.106. The van der Waals surface area contributed by atoms with E-state index in [0.29, 0.717) is 13.2 Å². The molecule has 0 saturated heterocycles. The third-order valence-corrected chi connectivity index (χ3v) is 3.81. The van der Waals surface area contributed by atoms with Gasteiger partial charge in [0, 0.05) is 6.54 Å². The molecule has 1 aliphatic rings. The zero-order chi connectivity index (χ0) is 13.7. The molecule has 3 unspecified atom stereocenters. The Kier molecular flexibility index (Phi) is 5.23. The van der Waals surface area contributed by atoms with E-state index in [4.69, 9.17) is 4.74 Å². The molecule has 0 bridgehead atoms. The molecule has 2 N–H and O–H groups in total. The highest BCUT2D eigenvalue weighted by Crippen LogP contribution is 2.36. The zero-order valence-electron chi connectivity index (χ0n) is 11.9. The summed E-state index contributed by atoms with van der Waals surface area (Å²) in [5, 5.41) is 13.2. The van der Waals surface area contributed by atoms with Crippen molar-refractivity contribution in [3.8, 4) is 5.75 Å². The summed E-state index contributed by atoms with van der Waals surface area (Å²) in [4.78, 5) is 0. The molecule has 106 valence electrons. The van der Waals surface area contributed by atoms with Crippen LogP contribution in [0.5, 0.6) is 5.75 Å². The summed E-state index contributed by atoms with van der Waals surface area (Å²) in [6.45, 7) is 6.37. The van der Waals surface area contributed by atoms with Crippen LogP contribution < -0.4 is 10.1 Å². The van der Waals surface area contributed by atoms with Crippen molar-refractivity contribution in [2.45, 2.75) is 32.8 Å². The third kappa shape index (κ3) is 4.84. The molecule has 1 aliphatic carbocycles. The van der Waals surface area contributed by atoms with Gasteiger partial charge >= 0.3 is 0 Å². The number of rotatable bonds is 8. The first kappa shape index (κ1) is 14.4. The number of hydrogen-bond donors (Lipinski definition) is 2. The maximum Gasteiger partial charge on any atom is 0.119 e. The average molecular weight is 263 g/mol. The van der Waals surface area contributed by atoms with Gasteiger partial charge in [-0.1, -0.05) is 26.0 Å². The summed E-state index contributed by atoms with van der Waals surface area (Å²) in [5.41, 5.74) is 1.26. The number of ether oxygens (including phenoxy) is 1. The maximum atomic E-state index is 9.85. The van der Waals surface area contributed by atoms with Crippen molar-refractivity contribution < 1.29 is 9.84 Å². The number of aliphatic hydroxyl groups is 1. The van der Waals surface area contributed by atoms with Gasteiger partial charge in [0.1, 0.15) is 18.5 Å². The molecule has 1 aromatic carbocycles. The Bertz CT molecular complexity index is 394. The Hall–Kier alpha value is -1.06. The first-order chi connectivity index (χ1) is 9.19. The van der Waals surface area contributed by atoms with E-state index in [-0.39, 0.29) is 0 Å². The molecule has 0 amide bonds. The summed E-state index contributed by atoms with van der Waals surface area (Å²) in [7, 11) is 0. The second-order valence-corrected chi connectivity index (χ2v) is 5.60. The standard InChI is InChI=1S/C16H25NO2/c1-3-13-5-4-6-16(8-13)19-11-15(18)10-17-9-14-7-12(14)2/h4-6,8,12,14-15,17-18H,3,7,9-11H2,1-2H3. The molecule has 3 atom stereocenters. The molecule has 0 aliphatic heterocycles. The quantitative estimate of drug-likeness (QED) is 0.756. The minimum atomic E-state index is -0.445. The highest BCUT2D eigenvalue weighted by molar-refractivity contribution is 5.28. The first-order valence-corrected chi connectivity index (χ1v) is 7.29. The van der Waals surface area contributed by atoms with E-state index < -0.39 is 6.10 Å². The van der Waals surface area contributed by atoms with Gasteiger partial charge in [0.25, 0.3) is 0 Å². The molecule has 0 aromatic heterocycles. The van der Waals surface area contributed by atoms with E-state index in [2.05, 4.69) is 25.2 Å². The van der Waals surface area contributed by atoms with Gasteiger partial charge in [-0.25, -0.2) is 0 Å². The fourth-order valence-corrected chi connectivity index (χ4v) is 2.23. The summed E-state index contributed by atoms with van der Waals surface area (Å²) < 4.78 is 5.61. The van der Waals surface area contributed by atoms with E-state index in [1.54, 1.807) is 0 Å². The van der Waals surface area contributed by atoms with Crippen LogP contribution in [0.15, 0.2) is 24.3 Å². The van der Waals surface area contributed by atoms with Crippen molar-refractivity contribution >= 4 is 0 Å². The molecule has 1 saturated carbocycles. The Morgan fingerprint density at radius 2 is 2.26 bits per heavy atom. The third-order valence-electron chi connectivity index (χ3n) is 3.81. The molecule has 0 radical (unpaired) electrons. The van der Waals surface area contributed by atoms with Crippen molar-refractivity contribution in [1.29, 1.82) is 0 Å². The van der Waals surface area contributed by atoms with Gasteiger partial charge in [-0.2, -0.15) is 0 Å². The van der Waals surface area contributed by atoms with Crippen LogP contribution in [-0.4, -0.2) is 30.9 Å². The Morgan fingerprint density at radius 3 is 2.95 bits per heavy atom. The first-order valence-electron chi connectivity index (χ1n) is 7.29. The molecule has 0 heterocycles. The molecule has 0 spiro atoms. The summed E-state index contributed by atoms with van der Waals surface area (Å²) in [6, 6.07) is 8.05. The predicted molar refractivity (Wildman–Crippen MR) is 77.5 cm³/mol. The lowest BCUT2D eigenvalue weighted by Gasteiger charge is -2.13. The molecular weight excluding hydrogens is 238 g/mol. The minimum absolute atomic E-state index is 0.348. The smallest absolute Gasteiger partial charge is 0.119 e. The predicted octanol–water partition coefficient (Wildman–Crippen LogP) is 2.23. The number of benzene rings is 1. The SMILES string of the molecule is CCc1cccc(OCC(O)CNCC2CC2C)c1. The summed E-state index contributed by atoms with van der Waals surface area (Å²) >= 11 is 0. The molecular formula is C16H25NO2. The largest absolute Gasteiger partial charge is 0.491 e. The number of nitrogens with one attached hydrogen (secondary N) is 1. The highest BCUT2D eigenvalue weighted by Gasteiger charge is 2.31. The van der Waals surface area contributed by atoms with E-state index in [1.165, 1.54) is 12.0 Å². The van der Waals surface area contributed by atoms with Crippen LogP contribution in [-0.2, 0) is 6.42 Å². The monoisotopic (exact) mass is 263 g/mol. The Labute approximate surface area is 116 Å². The molecule has 3 nitrogen and oxygen atoms in total. The highest BCUT2D eigenvalue weighted by atomic mass is 16.5. The van der Waals surface area contributed by atoms with Crippen molar-refractivity contribution in [3.05, 3.63) is 29.8 Å². The van der Waals surface area contributed by atoms with Gasteiger partial charge < -0.3 is 15.2 Å². The minimum Gasteiger partial charge on any atom is -0.491 e. The van der Waals surface area contributed by atoms with E-state index in [0.717, 1.165) is 30.6 Å². The van der Waals surface area contributed by atoms with Crippen molar-refractivity contribution in [2.75, 3.05) is 19.7 Å².